The average Bonchev–Trinajstić information content (AvgIpc) is 3.77. The molecule has 0 bridgehead atoms. The van der Waals surface area contributed by atoms with E-state index in [0.717, 1.165) is 28.8 Å². The van der Waals surface area contributed by atoms with Crippen LogP contribution >= 0.6 is 11.3 Å². The van der Waals surface area contributed by atoms with Crippen LogP contribution in [0.25, 0.3) is 43.9 Å². The Morgan fingerprint density at radius 2 is 2.09 bits per heavy atom. The number of methoxy groups -OCH3 is 1. The van der Waals surface area contributed by atoms with Crippen molar-refractivity contribution in [1.82, 2.24) is 25.5 Å². The first kappa shape index (κ1) is 29.5. The standard InChI is InChI=1S/C32H29F2N5O4S/c1-4-27(41)36-16(2)23-14-24(39-38-23)31-29(28-21(34)12-18(33)13-26(28)43-9-8-42-3)32-19(7-10-44-32)30(37-31)17-11-20-22(35-15-17)5-6-25(20)40/h4,7,10-16,25,40H,1,5-6,8-9H2,2-3H3,(H,36,41)(H,38,39)/t16-,25+/m1/s1. The molecule has 3 N–H and O–H groups in total. The Morgan fingerprint density at radius 1 is 1.25 bits per heavy atom. The summed E-state index contributed by atoms with van der Waals surface area (Å²) in [5.41, 5.74) is 4.51. The maximum absolute atomic E-state index is 15.9. The lowest BCUT2D eigenvalue weighted by molar-refractivity contribution is -0.117. The smallest absolute Gasteiger partial charge is 0.243 e. The highest BCUT2D eigenvalue weighted by Crippen LogP contribution is 2.47. The van der Waals surface area contributed by atoms with Crippen molar-refractivity contribution < 1.29 is 28.2 Å². The van der Waals surface area contributed by atoms with Crippen molar-refractivity contribution in [2.75, 3.05) is 20.3 Å². The maximum Gasteiger partial charge on any atom is 0.243 e. The zero-order valence-electron chi connectivity index (χ0n) is 24.0. The van der Waals surface area contributed by atoms with E-state index in [2.05, 4.69) is 27.1 Å². The summed E-state index contributed by atoms with van der Waals surface area (Å²) in [6.07, 6.45) is 3.57. The number of carbonyl (C=O) groups excluding carboxylic acids is 1. The van der Waals surface area contributed by atoms with Gasteiger partial charge in [0, 0.05) is 57.9 Å². The number of halogens is 2. The second-order valence-electron chi connectivity index (χ2n) is 10.4. The predicted molar refractivity (Wildman–Crippen MR) is 163 cm³/mol. The highest BCUT2D eigenvalue weighted by Gasteiger charge is 2.28. The van der Waals surface area contributed by atoms with Crippen LogP contribution in [0.5, 0.6) is 5.75 Å². The van der Waals surface area contributed by atoms with E-state index in [4.69, 9.17) is 14.5 Å². The van der Waals surface area contributed by atoms with Crippen LogP contribution in [0.15, 0.2) is 54.6 Å². The fourth-order valence-electron chi connectivity index (χ4n) is 5.40. The molecule has 5 aromatic rings. The van der Waals surface area contributed by atoms with Crippen molar-refractivity contribution in [3.63, 3.8) is 0 Å². The van der Waals surface area contributed by atoms with E-state index in [9.17, 15) is 14.3 Å². The lowest BCUT2D eigenvalue weighted by Crippen LogP contribution is -2.24. The Hall–Kier alpha value is -4.52. The van der Waals surface area contributed by atoms with Gasteiger partial charge in [-0.25, -0.2) is 13.8 Å². The lowest BCUT2D eigenvalue weighted by atomic mass is 9.96. The van der Waals surface area contributed by atoms with Crippen LogP contribution in [0.3, 0.4) is 0 Å². The summed E-state index contributed by atoms with van der Waals surface area (Å²) in [5, 5.41) is 23.4. The van der Waals surface area contributed by atoms with Crippen molar-refractivity contribution in [3.05, 3.63) is 83.1 Å². The van der Waals surface area contributed by atoms with E-state index in [0.29, 0.717) is 51.4 Å². The van der Waals surface area contributed by atoms with E-state index < -0.39 is 23.8 Å². The lowest BCUT2D eigenvalue weighted by Gasteiger charge is -2.17. The number of nitrogens with one attached hydrogen (secondary N) is 2. The van der Waals surface area contributed by atoms with E-state index >= 15 is 4.39 Å². The molecule has 0 saturated heterocycles. The Balaban J connectivity index is 1.60. The molecule has 226 valence electrons. The minimum atomic E-state index is -0.826. The van der Waals surface area contributed by atoms with Gasteiger partial charge in [0.05, 0.1) is 35.7 Å². The Bertz CT molecular complexity index is 1890. The number of benzene rings is 1. The van der Waals surface area contributed by atoms with Crippen molar-refractivity contribution >= 4 is 27.3 Å². The number of aromatic nitrogens is 4. The van der Waals surface area contributed by atoms with Crippen LogP contribution in [0.2, 0.25) is 0 Å². The van der Waals surface area contributed by atoms with Crippen molar-refractivity contribution in [2.45, 2.75) is 31.9 Å². The van der Waals surface area contributed by atoms with Crippen LogP contribution in [-0.2, 0) is 16.0 Å². The molecule has 12 heteroatoms. The summed E-state index contributed by atoms with van der Waals surface area (Å²) < 4.78 is 42.0. The van der Waals surface area contributed by atoms with E-state index in [-0.39, 0.29) is 30.4 Å². The summed E-state index contributed by atoms with van der Waals surface area (Å²) >= 11 is 1.37. The van der Waals surface area contributed by atoms with Crippen molar-refractivity contribution in [3.8, 4) is 39.5 Å². The number of aliphatic hydroxyl groups is 1. The quantitative estimate of drug-likeness (QED) is 0.129. The number of H-pyrrole nitrogens is 1. The normalized spacial score (nSPS) is 14.9. The van der Waals surface area contributed by atoms with E-state index in [1.165, 1.54) is 24.5 Å². The summed E-state index contributed by atoms with van der Waals surface area (Å²) in [7, 11) is 1.51. The largest absolute Gasteiger partial charge is 0.490 e. The molecule has 0 saturated carbocycles. The molecule has 1 aromatic carbocycles. The molecule has 0 spiro atoms. The first-order valence-electron chi connectivity index (χ1n) is 14.0. The number of aromatic amines is 1. The van der Waals surface area contributed by atoms with Gasteiger partial charge in [-0.05, 0) is 49.4 Å². The third-order valence-electron chi connectivity index (χ3n) is 7.56. The van der Waals surface area contributed by atoms with E-state index in [1.54, 1.807) is 19.2 Å². The predicted octanol–water partition coefficient (Wildman–Crippen LogP) is 6.06. The number of aryl methyl sites for hydroxylation is 1. The van der Waals surface area contributed by atoms with Gasteiger partial charge < -0.3 is 19.9 Å². The van der Waals surface area contributed by atoms with Gasteiger partial charge in [-0.2, -0.15) is 5.10 Å². The molecular weight excluding hydrogens is 588 g/mol. The second kappa shape index (κ2) is 12.2. The maximum atomic E-state index is 15.9. The van der Waals surface area contributed by atoms with Gasteiger partial charge >= 0.3 is 0 Å². The van der Waals surface area contributed by atoms with Crippen molar-refractivity contribution in [1.29, 1.82) is 0 Å². The SMILES string of the molecule is C=CC(=O)N[C@H](C)c1cc(-c2nc(-c3cnc4c(c3)[C@@H](O)CC4)c3ccsc3c2-c2c(F)cc(F)cc2OCCOC)n[nH]1. The molecule has 0 aliphatic heterocycles. The van der Waals surface area contributed by atoms with Crippen LogP contribution in [0, 0.1) is 11.6 Å². The number of fused-ring (bicyclic) bond motifs is 2. The van der Waals surface area contributed by atoms with Crippen LogP contribution < -0.4 is 10.1 Å². The zero-order chi connectivity index (χ0) is 31.0. The Labute approximate surface area is 255 Å². The third kappa shape index (κ3) is 5.47. The molecule has 0 radical (unpaired) electrons. The first-order chi connectivity index (χ1) is 21.3. The summed E-state index contributed by atoms with van der Waals surface area (Å²) in [4.78, 5) is 21.6. The molecule has 6 rings (SSSR count). The zero-order valence-corrected chi connectivity index (χ0v) is 24.8. The number of carbonyl (C=O) groups is 1. The molecule has 9 nitrogen and oxygen atoms in total. The first-order valence-corrected chi connectivity index (χ1v) is 14.8. The average molecular weight is 618 g/mol. The molecule has 2 atom stereocenters. The molecule has 44 heavy (non-hydrogen) atoms. The Morgan fingerprint density at radius 3 is 2.89 bits per heavy atom. The minimum absolute atomic E-state index is 0.00487. The van der Waals surface area contributed by atoms with Gasteiger partial charge in [0.25, 0.3) is 0 Å². The van der Waals surface area contributed by atoms with Crippen LogP contribution in [0.4, 0.5) is 8.78 Å². The number of amides is 1. The Kier molecular flexibility index (Phi) is 8.21. The fourth-order valence-corrected chi connectivity index (χ4v) is 6.35. The monoisotopic (exact) mass is 617 g/mol. The number of hydrogen-bond acceptors (Lipinski definition) is 8. The molecular formula is C32H29F2N5O4S. The van der Waals surface area contributed by atoms with Gasteiger partial charge in [-0.1, -0.05) is 6.58 Å². The molecule has 1 amide bonds. The molecule has 4 aromatic heterocycles. The minimum Gasteiger partial charge on any atom is -0.490 e. The summed E-state index contributed by atoms with van der Waals surface area (Å²) in [6.45, 7) is 5.55. The number of nitrogens with zero attached hydrogens (tertiary/aromatic N) is 3. The molecule has 1 aliphatic rings. The number of pyridine rings is 2. The van der Waals surface area contributed by atoms with Gasteiger partial charge in [0.1, 0.15) is 35.4 Å². The number of ether oxygens (including phenoxy) is 2. The fraction of sp³-hybridized carbons (Fsp3) is 0.250. The van der Waals surface area contributed by atoms with Crippen LogP contribution in [0.1, 0.15) is 42.4 Å². The molecule has 0 unspecified atom stereocenters. The molecule has 0 fully saturated rings. The number of aliphatic hydroxyl groups excluding tert-OH is 1. The number of thiophene rings is 1. The van der Waals surface area contributed by atoms with Gasteiger partial charge in [0.2, 0.25) is 5.91 Å². The highest BCUT2D eigenvalue weighted by molar-refractivity contribution is 7.18. The molecule has 1 aliphatic carbocycles. The van der Waals surface area contributed by atoms with Crippen molar-refractivity contribution in [2.24, 2.45) is 0 Å². The number of rotatable bonds is 10. The summed E-state index contributed by atoms with van der Waals surface area (Å²) in [5.74, 6) is -1.97. The van der Waals surface area contributed by atoms with Gasteiger partial charge in [-0.15, -0.1) is 11.3 Å². The third-order valence-corrected chi connectivity index (χ3v) is 8.50. The summed E-state index contributed by atoms with van der Waals surface area (Å²) in [6, 6.07) is 7.00. The van der Waals surface area contributed by atoms with Gasteiger partial charge in [0.15, 0.2) is 0 Å². The molecule has 4 heterocycles. The number of hydrogen-bond donors (Lipinski definition) is 3. The van der Waals surface area contributed by atoms with E-state index in [1.807, 2.05) is 17.5 Å². The van der Waals surface area contributed by atoms with Gasteiger partial charge in [-0.3, -0.25) is 14.9 Å². The van der Waals surface area contributed by atoms with Crippen LogP contribution in [-0.4, -0.2) is 51.5 Å². The second-order valence-corrected chi connectivity index (χ2v) is 11.3. The highest BCUT2D eigenvalue weighted by atomic mass is 32.1. The topological polar surface area (TPSA) is 122 Å².